The number of Topliss-reactive ketones (excluding diaryl/α,β-unsaturated/α-hetero) is 1. The van der Waals surface area contributed by atoms with Gasteiger partial charge in [0.2, 0.25) is 17.7 Å². The van der Waals surface area contributed by atoms with E-state index in [0.717, 1.165) is 44.9 Å². The van der Waals surface area contributed by atoms with E-state index in [9.17, 15) is 19.2 Å². The Kier molecular flexibility index (Phi) is 33.0. The van der Waals surface area contributed by atoms with Gasteiger partial charge < -0.3 is 30.2 Å². The second-order valence-corrected chi connectivity index (χ2v) is 23.6. The quantitative estimate of drug-likeness (QED) is 0.0410. The number of rotatable bonds is 41. The molecule has 3 N–H and O–H groups in total. The summed E-state index contributed by atoms with van der Waals surface area (Å²) in [4.78, 5) is 51.2. The first-order valence-electron chi connectivity index (χ1n) is 28.8. The zero-order chi connectivity index (χ0) is 51.8. The summed E-state index contributed by atoms with van der Waals surface area (Å²) in [7, 11) is 0. The number of hydrogen-bond donors (Lipinski definition) is 3. The number of allylic oxidation sites excluding steroid dienone is 4. The molecule has 10 heteroatoms. The molecule has 0 aromatic rings. The second kappa shape index (κ2) is 36.4. The molecule has 0 heterocycles. The van der Waals surface area contributed by atoms with Gasteiger partial charge >= 0.3 is 0 Å². The number of ether oxygens (including phenoxy) is 3. The molecular weight excluding hydrogens is 875 g/mol. The van der Waals surface area contributed by atoms with Gasteiger partial charge in [-0.05, 0) is 138 Å². The number of nitrogens with one attached hydrogen (secondary N) is 3. The molecule has 0 spiro atoms. The minimum absolute atomic E-state index is 0.0547. The largest absolute Gasteiger partial charge is 0.379 e. The second-order valence-electron chi connectivity index (χ2n) is 23.6. The van der Waals surface area contributed by atoms with E-state index in [2.05, 4.69) is 85.2 Å². The van der Waals surface area contributed by atoms with Crippen molar-refractivity contribution in [1.29, 1.82) is 0 Å². The van der Waals surface area contributed by atoms with Gasteiger partial charge in [-0.15, -0.1) is 0 Å². The molecule has 0 fully saturated rings. The first-order chi connectivity index (χ1) is 33.3. The Morgan fingerprint density at radius 2 is 0.943 bits per heavy atom. The van der Waals surface area contributed by atoms with Gasteiger partial charge in [0.05, 0.1) is 26.4 Å². The summed E-state index contributed by atoms with van der Waals surface area (Å²) in [5.74, 6) is 1.93. The highest BCUT2D eigenvalue weighted by molar-refractivity contribution is 5.86. The minimum Gasteiger partial charge on any atom is -0.379 e. The van der Waals surface area contributed by atoms with Crippen LogP contribution in [0.4, 0.5) is 0 Å². The van der Waals surface area contributed by atoms with Crippen molar-refractivity contribution in [3.8, 4) is 0 Å². The topological polar surface area (TPSA) is 132 Å². The summed E-state index contributed by atoms with van der Waals surface area (Å²) in [6.07, 6.45) is 25.0. The van der Waals surface area contributed by atoms with E-state index >= 15 is 0 Å². The van der Waals surface area contributed by atoms with Crippen molar-refractivity contribution < 1.29 is 33.4 Å². The number of hydrogen-bond acceptors (Lipinski definition) is 7. The van der Waals surface area contributed by atoms with Crippen LogP contribution in [-0.2, 0) is 33.4 Å². The molecular formula is C60H109N3O7. The molecule has 2 aliphatic carbocycles. The Morgan fingerprint density at radius 1 is 0.500 bits per heavy atom. The third-order valence-electron chi connectivity index (χ3n) is 15.8. The van der Waals surface area contributed by atoms with Gasteiger partial charge in [-0.2, -0.15) is 0 Å². The molecule has 10 nitrogen and oxygen atoms in total. The lowest BCUT2D eigenvalue weighted by atomic mass is 9.70. The molecule has 0 saturated heterocycles. The van der Waals surface area contributed by atoms with Crippen LogP contribution in [0.15, 0.2) is 22.3 Å². The Labute approximate surface area is 430 Å². The molecule has 5 atom stereocenters. The molecule has 0 aliphatic heterocycles. The molecule has 0 aromatic carbocycles. The van der Waals surface area contributed by atoms with Crippen molar-refractivity contribution in [2.24, 2.45) is 40.4 Å². The van der Waals surface area contributed by atoms with Crippen molar-refractivity contribution >= 4 is 23.5 Å². The summed E-state index contributed by atoms with van der Waals surface area (Å²) in [6, 6.07) is 0. The van der Waals surface area contributed by atoms with Crippen LogP contribution in [0.3, 0.4) is 0 Å². The van der Waals surface area contributed by atoms with E-state index in [4.69, 9.17) is 14.2 Å². The normalized spacial score (nSPS) is 18.0. The molecule has 2 aliphatic rings. The maximum atomic E-state index is 13.5. The fourth-order valence-electron chi connectivity index (χ4n) is 11.2. The number of carbonyl (C=O) groups is 4. The van der Waals surface area contributed by atoms with Crippen LogP contribution in [0, 0.1) is 40.4 Å². The number of carbonyl (C=O) groups excluding carboxylic acids is 4. The Balaban J connectivity index is 1.72. The van der Waals surface area contributed by atoms with E-state index in [1.165, 1.54) is 77.0 Å². The third kappa shape index (κ3) is 28.6. The lowest BCUT2D eigenvalue weighted by molar-refractivity contribution is -0.130. The van der Waals surface area contributed by atoms with Crippen LogP contribution < -0.4 is 16.0 Å². The molecule has 0 bridgehead atoms. The van der Waals surface area contributed by atoms with Crippen LogP contribution in [0.1, 0.15) is 237 Å². The standard InChI is InChI=1S/C60H109N3O7/c1-12-56(65)61-35-19-37-68-39-41-70-42-40-69-38-20-36-63-58(67)52(45-53(64)43-48(4)23-15-21-46(2)28-30-54-50(6)25-17-32-59(54,8)9)27-13-14-34-62-57(66)44-49(5)24-16-22-47(3)29-31-55-51(7)26-18-33-60(55,10)11/h46-49,52H,12-45H2,1-11H3,(H,61,65)(H,62,66)(H,63,67)/t46?,47?,48?,49?,52-/m1/s1. The predicted molar refractivity (Wildman–Crippen MR) is 291 cm³/mol. The van der Waals surface area contributed by atoms with Gasteiger partial charge in [-0.1, -0.05) is 130 Å². The zero-order valence-corrected chi connectivity index (χ0v) is 47.3. The van der Waals surface area contributed by atoms with Crippen LogP contribution >= 0.6 is 0 Å². The third-order valence-corrected chi connectivity index (χ3v) is 15.8. The Morgan fingerprint density at radius 3 is 1.44 bits per heavy atom. The first kappa shape index (κ1) is 63.6. The number of ketones is 1. The summed E-state index contributed by atoms with van der Waals surface area (Å²) < 4.78 is 16.9. The van der Waals surface area contributed by atoms with Crippen molar-refractivity contribution in [3.63, 3.8) is 0 Å². The minimum atomic E-state index is -0.374. The van der Waals surface area contributed by atoms with Gasteiger partial charge in [-0.25, -0.2) is 0 Å². The van der Waals surface area contributed by atoms with E-state index in [-0.39, 0.29) is 35.8 Å². The maximum Gasteiger partial charge on any atom is 0.223 e. The first-order valence-corrected chi connectivity index (χ1v) is 28.8. The molecule has 0 saturated carbocycles. The van der Waals surface area contributed by atoms with Gasteiger partial charge in [0.1, 0.15) is 5.78 Å². The maximum absolute atomic E-state index is 13.5. The van der Waals surface area contributed by atoms with Crippen LogP contribution in [0.2, 0.25) is 0 Å². The molecule has 3 amide bonds. The Bertz CT molecular complexity index is 1550. The van der Waals surface area contributed by atoms with Crippen molar-refractivity contribution in [2.75, 3.05) is 59.3 Å². The van der Waals surface area contributed by atoms with Gasteiger partial charge in [0.25, 0.3) is 0 Å². The van der Waals surface area contributed by atoms with E-state index in [0.29, 0.717) is 126 Å². The highest BCUT2D eigenvalue weighted by Gasteiger charge is 2.30. The predicted octanol–water partition coefficient (Wildman–Crippen LogP) is 13.6. The fourth-order valence-corrected chi connectivity index (χ4v) is 11.2. The monoisotopic (exact) mass is 984 g/mol. The lowest BCUT2D eigenvalue weighted by Gasteiger charge is -2.35. The average Bonchev–Trinajstić information content (AvgIpc) is 3.28. The van der Waals surface area contributed by atoms with Gasteiger partial charge in [0.15, 0.2) is 0 Å². The average molecular weight is 985 g/mol. The number of amides is 3. The van der Waals surface area contributed by atoms with Crippen LogP contribution in [-0.4, -0.2) is 82.8 Å². The SMILES string of the molecule is CCC(=O)NCCCOCCOCCOCCCNC(=O)[C@H](CCCCNC(=O)CC(C)CCCC(C)CCC1=C(C)CCCC1(C)C)CC(=O)CC(C)CCCC(C)CCC1=C(C)CCCC1(C)C. The van der Waals surface area contributed by atoms with Crippen LogP contribution in [0.25, 0.3) is 0 Å². The summed E-state index contributed by atoms with van der Waals surface area (Å²) in [5.41, 5.74) is 7.33. The van der Waals surface area contributed by atoms with Crippen molar-refractivity contribution in [3.05, 3.63) is 22.3 Å². The highest BCUT2D eigenvalue weighted by atomic mass is 16.5. The van der Waals surface area contributed by atoms with Crippen molar-refractivity contribution in [1.82, 2.24) is 16.0 Å². The lowest BCUT2D eigenvalue weighted by Crippen LogP contribution is -2.33. The Hall–Kier alpha value is -2.56. The molecule has 2 rings (SSSR count). The van der Waals surface area contributed by atoms with E-state index in [1.807, 2.05) is 6.92 Å². The number of unbranched alkanes of at least 4 members (excludes halogenated alkanes) is 1. The smallest absolute Gasteiger partial charge is 0.223 e. The molecule has 4 unspecified atom stereocenters. The highest BCUT2D eigenvalue weighted by Crippen LogP contribution is 2.44. The van der Waals surface area contributed by atoms with Gasteiger partial charge in [0, 0.05) is 64.4 Å². The fraction of sp³-hybridized carbons (Fsp3) is 0.867. The molecule has 70 heavy (non-hydrogen) atoms. The summed E-state index contributed by atoms with van der Waals surface area (Å²) in [5, 5.41) is 9.07. The van der Waals surface area contributed by atoms with E-state index < -0.39 is 0 Å². The summed E-state index contributed by atoms with van der Waals surface area (Å²) in [6.45, 7) is 30.1. The zero-order valence-electron chi connectivity index (χ0n) is 47.3. The van der Waals surface area contributed by atoms with Crippen LogP contribution in [0.5, 0.6) is 0 Å². The molecule has 0 aromatic heterocycles. The molecule has 0 radical (unpaired) electrons. The summed E-state index contributed by atoms with van der Waals surface area (Å²) >= 11 is 0. The van der Waals surface area contributed by atoms with Crippen molar-refractivity contribution in [2.45, 2.75) is 237 Å². The molecule has 406 valence electrons. The van der Waals surface area contributed by atoms with E-state index in [1.54, 1.807) is 22.3 Å². The van der Waals surface area contributed by atoms with Gasteiger partial charge in [-0.3, -0.25) is 19.2 Å².